The lowest BCUT2D eigenvalue weighted by atomic mass is 9.81. The second-order valence-corrected chi connectivity index (χ2v) is 10.3. The largest absolute Gasteiger partial charge is 0.493 e. The third-order valence-corrected chi connectivity index (χ3v) is 7.31. The highest BCUT2D eigenvalue weighted by Crippen LogP contribution is 2.39. The topological polar surface area (TPSA) is 78.3 Å². The van der Waals surface area contributed by atoms with Crippen molar-refractivity contribution in [1.29, 1.82) is 0 Å². The molecule has 198 valence electrons. The van der Waals surface area contributed by atoms with Crippen LogP contribution >= 0.6 is 11.8 Å². The maximum Gasteiger partial charge on any atom is 0.252 e. The number of imidazole rings is 1. The van der Waals surface area contributed by atoms with Gasteiger partial charge in [-0.05, 0) is 61.0 Å². The van der Waals surface area contributed by atoms with Crippen molar-refractivity contribution in [3.05, 3.63) is 95.3 Å². The molecule has 7 nitrogen and oxygen atoms in total. The Balaban J connectivity index is 1.59. The van der Waals surface area contributed by atoms with Crippen molar-refractivity contribution >= 4 is 17.7 Å². The van der Waals surface area contributed by atoms with Gasteiger partial charge in [0.2, 0.25) is 0 Å². The highest BCUT2D eigenvalue weighted by atomic mass is 32.2. The highest BCUT2D eigenvalue weighted by Gasteiger charge is 2.30. The fourth-order valence-electron chi connectivity index (χ4n) is 4.10. The number of nitrogens with zero attached hydrogens (tertiary/aromatic N) is 3. The molecule has 0 aliphatic heterocycles. The summed E-state index contributed by atoms with van der Waals surface area (Å²) in [4.78, 5) is 21.3. The second kappa shape index (κ2) is 11.7. The van der Waals surface area contributed by atoms with Gasteiger partial charge in [0, 0.05) is 35.3 Å². The zero-order valence-corrected chi connectivity index (χ0v) is 22.9. The molecule has 38 heavy (non-hydrogen) atoms. The Morgan fingerprint density at radius 2 is 1.74 bits per heavy atom. The number of halogens is 1. The van der Waals surface area contributed by atoms with Gasteiger partial charge >= 0.3 is 0 Å². The van der Waals surface area contributed by atoms with E-state index in [9.17, 15) is 9.18 Å². The predicted octanol–water partition coefficient (Wildman–Crippen LogP) is 5.58. The normalized spacial score (nSPS) is 11.3. The van der Waals surface area contributed by atoms with E-state index in [4.69, 9.17) is 14.5 Å². The summed E-state index contributed by atoms with van der Waals surface area (Å²) in [6.07, 6.45) is 3.42. The number of rotatable bonds is 10. The number of aromatic nitrogens is 3. The van der Waals surface area contributed by atoms with Crippen LogP contribution in [0.15, 0.2) is 72.1 Å². The van der Waals surface area contributed by atoms with Crippen LogP contribution in [0.2, 0.25) is 0 Å². The molecule has 2 aromatic carbocycles. The number of pyridine rings is 1. The number of nitrogens with one attached hydrogen (secondary N) is 1. The summed E-state index contributed by atoms with van der Waals surface area (Å²) >= 11 is 1.51. The van der Waals surface area contributed by atoms with E-state index in [1.165, 1.54) is 23.9 Å². The van der Waals surface area contributed by atoms with Gasteiger partial charge in [-0.1, -0.05) is 31.7 Å². The van der Waals surface area contributed by atoms with E-state index in [1.54, 1.807) is 38.6 Å². The summed E-state index contributed by atoms with van der Waals surface area (Å²) in [5, 5.41) is 3.67. The molecule has 4 aromatic rings. The van der Waals surface area contributed by atoms with Gasteiger partial charge < -0.3 is 14.8 Å². The molecule has 9 heteroatoms. The smallest absolute Gasteiger partial charge is 0.252 e. The Bertz CT molecular complexity index is 1400. The number of amides is 1. The Kier molecular flexibility index (Phi) is 8.36. The van der Waals surface area contributed by atoms with Crippen LogP contribution in [0, 0.1) is 12.7 Å². The Hall–Kier alpha value is -3.85. The minimum absolute atomic E-state index is 0.171. The number of hydrogen-bond acceptors (Lipinski definition) is 6. The third-order valence-electron chi connectivity index (χ3n) is 6.35. The number of hydrogen-bond donors (Lipinski definition) is 1. The minimum atomic E-state index is -0.480. The summed E-state index contributed by atoms with van der Waals surface area (Å²) in [7, 11) is 3.22. The van der Waals surface area contributed by atoms with Gasteiger partial charge in [0.25, 0.3) is 5.91 Å². The number of benzene rings is 2. The van der Waals surface area contributed by atoms with Crippen molar-refractivity contribution in [3.8, 4) is 17.2 Å². The fraction of sp³-hybridized carbons (Fsp3) is 0.276. The fourth-order valence-corrected chi connectivity index (χ4v) is 4.95. The van der Waals surface area contributed by atoms with E-state index < -0.39 is 5.41 Å². The molecule has 0 atom stereocenters. The Labute approximate surface area is 226 Å². The maximum atomic E-state index is 13.8. The van der Waals surface area contributed by atoms with Gasteiger partial charge in [-0.15, -0.1) is 0 Å². The van der Waals surface area contributed by atoms with Gasteiger partial charge in [0.15, 0.2) is 16.7 Å². The number of ether oxygens (including phenoxy) is 2. The molecule has 0 unspecified atom stereocenters. The monoisotopic (exact) mass is 534 g/mol. The lowest BCUT2D eigenvalue weighted by Crippen LogP contribution is -2.26. The molecule has 2 heterocycles. The van der Waals surface area contributed by atoms with Crippen LogP contribution in [0.4, 0.5) is 4.39 Å². The van der Waals surface area contributed by atoms with Gasteiger partial charge in [-0.3, -0.25) is 14.3 Å². The van der Waals surface area contributed by atoms with E-state index in [0.717, 1.165) is 27.8 Å². The predicted molar refractivity (Wildman–Crippen MR) is 147 cm³/mol. The molecule has 0 saturated heterocycles. The van der Waals surface area contributed by atoms with Crippen LogP contribution in [-0.4, -0.2) is 47.0 Å². The van der Waals surface area contributed by atoms with Crippen LogP contribution in [-0.2, 0) is 5.41 Å². The molecular weight excluding hydrogens is 503 g/mol. The Morgan fingerprint density at radius 3 is 2.39 bits per heavy atom. The molecule has 0 spiro atoms. The van der Waals surface area contributed by atoms with Gasteiger partial charge in [-0.25, -0.2) is 9.37 Å². The molecule has 1 amide bonds. The summed E-state index contributed by atoms with van der Waals surface area (Å²) in [6, 6.07) is 15.8. The number of aryl methyl sites for hydroxylation is 1. The first kappa shape index (κ1) is 27.2. The third kappa shape index (κ3) is 5.83. The number of carbonyl (C=O) groups is 1. The van der Waals surface area contributed by atoms with Gasteiger partial charge in [0.1, 0.15) is 5.82 Å². The molecule has 0 aliphatic rings. The summed E-state index contributed by atoms with van der Waals surface area (Å²) in [5.74, 6) is 1.41. The highest BCUT2D eigenvalue weighted by molar-refractivity contribution is 7.99. The van der Waals surface area contributed by atoms with Crippen molar-refractivity contribution in [2.45, 2.75) is 31.3 Å². The lowest BCUT2D eigenvalue weighted by molar-refractivity contribution is 0.0956. The van der Waals surface area contributed by atoms with Gasteiger partial charge in [-0.2, -0.15) is 0 Å². The van der Waals surface area contributed by atoms with E-state index in [1.807, 2.05) is 42.0 Å². The standard InChI is InChI=1S/C29H31FN4O3S/c1-19-6-7-20(17-32-19)27(35)31-14-15-38-28-33-18-26(34(28)23-11-9-22(30)10-12-23)29(2,3)21-8-13-24(36-4)25(16-21)37-5/h6-13,16-18H,14-15H2,1-5H3,(H,31,35). The van der Waals surface area contributed by atoms with Crippen molar-refractivity contribution in [1.82, 2.24) is 19.9 Å². The molecule has 0 aliphatic carbocycles. The van der Waals surface area contributed by atoms with Crippen molar-refractivity contribution < 1.29 is 18.7 Å². The van der Waals surface area contributed by atoms with Crippen molar-refractivity contribution in [3.63, 3.8) is 0 Å². The summed E-state index contributed by atoms with van der Waals surface area (Å²) in [6.45, 7) is 6.54. The van der Waals surface area contributed by atoms with Crippen LogP contribution in [0.3, 0.4) is 0 Å². The summed E-state index contributed by atoms with van der Waals surface area (Å²) < 4.78 is 26.7. The first-order valence-corrected chi connectivity index (χ1v) is 13.1. The Morgan fingerprint density at radius 1 is 1.00 bits per heavy atom. The SMILES string of the molecule is COc1ccc(C(C)(C)c2cnc(SCCNC(=O)c3ccc(C)nc3)n2-c2ccc(F)cc2)cc1OC. The van der Waals surface area contributed by atoms with Crippen molar-refractivity contribution in [2.24, 2.45) is 0 Å². The van der Waals surface area contributed by atoms with E-state index >= 15 is 0 Å². The van der Waals surface area contributed by atoms with Crippen LogP contribution in [0.1, 0.15) is 41.2 Å². The molecule has 1 N–H and O–H groups in total. The molecule has 0 fully saturated rings. The maximum absolute atomic E-state index is 13.8. The number of carbonyl (C=O) groups excluding carboxylic acids is 1. The zero-order chi connectivity index (χ0) is 27.3. The van der Waals surface area contributed by atoms with Crippen LogP contribution < -0.4 is 14.8 Å². The molecular formula is C29H31FN4O3S. The first-order valence-electron chi connectivity index (χ1n) is 12.1. The van der Waals surface area contributed by atoms with E-state index in [0.29, 0.717) is 29.4 Å². The lowest BCUT2D eigenvalue weighted by Gasteiger charge is -2.28. The minimum Gasteiger partial charge on any atom is -0.493 e. The van der Waals surface area contributed by atoms with Crippen LogP contribution in [0.25, 0.3) is 5.69 Å². The average Bonchev–Trinajstić information content (AvgIpc) is 3.36. The quantitative estimate of drug-likeness (QED) is 0.211. The molecule has 2 aromatic heterocycles. The van der Waals surface area contributed by atoms with Crippen LogP contribution in [0.5, 0.6) is 11.5 Å². The number of methoxy groups -OCH3 is 2. The summed E-state index contributed by atoms with van der Waals surface area (Å²) in [5.41, 5.74) is 3.63. The molecule has 0 radical (unpaired) electrons. The zero-order valence-electron chi connectivity index (χ0n) is 22.1. The second-order valence-electron chi connectivity index (χ2n) is 9.23. The molecule has 0 saturated carbocycles. The number of thioether (sulfide) groups is 1. The average molecular weight is 535 g/mol. The van der Waals surface area contributed by atoms with E-state index in [2.05, 4.69) is 24.1 Å². The molecule has 0 bridgehead atoms. The van der Waals surface area contributed by atoms with Crippen molar-refractivity contribution in [2.75, 3.05) is 26.5 Å². The van der Waals surface area contributed by atoms with E-state index in [-0.39, 0.29) is 11.7 Å². The molecule has 4 rings (SSSR count). The van der Waals surface area contributed by atoms with Gasteiger partial charge in [0.05, 0.1) is 31.7 Å². The first-order chi connectivity index (χ1) is 18.2.